The molecule has 0 aliphatic heterocycles. The smallest absolute Gasteiger partial charge is 0.191 e. The van der Waals surface area contributed by atoms with Gasteiger partial charge in [0.05, 0.1) is 12.3 Å². The van der Waals surface area contributed by atoms with Gasteiger partial charge in [-0.2, -0.15) is 0 Å². The van der Waals surface area contributed by atoms with Crippen molar-refractivity contribution in [1.82, 2.24) is 15.8 Å². The van der Waals surface area contributed by atoms with Crippen LogP contribution in [0.4, 0.5) is 0 Å². The summed E-state index contributed by atoms with van der Waals surface area (Å²) in [5.41, 5.74) is 3.31. The number of aromatic nitrogens is 1. The summed E-state index contributed by atoms with van der Waals surface area (Å²) < 4.78 is 11.1. The van der Waals surface area contributed by atoms with Crippen LogP contribution in [0.15, 0.2) is 33.8 Å². The van der Waals surface area contributed by atoms with Crippen molar-refractivity contribution >= 4 is 29.9 Å². The van der Waals surface area contributed by atoms with E-state index in [1.807, 2.05) is 12.1 Å². The largest absolute Gasteiger partial charge is 0.493 e. The molecule has 1 heterocycles. The van der Waals surface area contributed by atoms with Crippen molar-refractivity contribution < 1.29 is 9.26 Å². The molecule has 0 amide bonds. The molecule has 2 rings (SSSR count). The molecule has 2 aromatic rings. The molecule has 0 spiro atoms. The summed E-state index contributed by atoms with van der Waals surface area (Å²) in [5.74, 6) is 3.11. The molecule has 0 radical (unpaired) electrons. The highest BCUT2D eigenvalue weighted by Crippen LogP contribution is 2.15. The summed E-state index contributed by atoms with van der Waals surface area (Å²) >= 11 is 0. The van der Waals surface area contributed by atoms with Crippen molar-refractivity contribution in [1.29, 1.82) is 0 Å². The van der Waals surface area contributed by atoms with Gasteiger partial charge in [-0.3, -0.25) is 4.99 Å². The fraction of sp³-hybridized carbons (Fsp3) is 0.524. The van der Waals surface area contributed by atoms with Crippen molar-refractivity contribution in [3.63, 3.8) is 0 Å². The Bertz CT molecular complexity index is 705. The van der Waals surface area contributed by atoms with Gasteiger partial charge in [0, 0.05) is 32.1 Å². The summed E-state index contributed by atoms with van der Waals surface area (Å²) in [6, 6.07) is 8.15. The van der Waals surface area contributed by atoms with Gasteiger partial charge in [-0.1, -0.05) is 45.0 Å². The number of aliphatic imine (C=N–C) groups is 1. The van der Waals surface area contributed by atoms with Crippen molar-refractivity contribution in [3.05, 3.63) is 46.8 Å². The SMILES string of the molecule is CCc1noc(CC)c1CNC(=NC)NCc1ccc(OCC(C)C)cc1.I. The standard InChI is InChI=1S/C21H32N4O2.HI/c1-6-19-18(20(7-2)27-25-19)13-24-21(22-5)23-12-16-8-10-17(11-9-16)26-14-15(3)4;/h8-11,15H,6-7,12-14H2,1-5H3,(H2,22,23,24);1H. The monoisotopic (exact) mass is 500 g/mol. The van der Waals surface area contributed by atoms with E-state index in [-0.39, 0.29) is 24.0 Å². The predicted octanol–water partition coefficient (Wildman–Crippen LogP) is 4.32. The molecule has 0 atom stereocenters. The van der Waals surface area contributed by atoms with E-state index in [0.717, 1.165) is 48.2 Å². The van der Waals surface area contributed by atoms with E-state index in [2.05, 4.69) is 60.6 Å². The lowest BCUT2D eigenvalue weighted by atomic mass is 10.1. The Morgan fingerprint density at radius 1 is 1.11 bits per heavy atom. The van der Waals surface area contributed by atoms with Gasteiger partial charge in [-0.25, -0.2) is 0 Å². The van der Waals surface area contributed by atoms with Gasteiger partial charge in [-0.05, 0) is 30.0 Å². The van der Waals surface area contributed by atoms with Crippen LogP contribution >= 0.6 is 24.0 Å². The number of hydrogen-bond donors (Lipinski definition) is 2. The Labute approximate surface area is 185 Å². The summed E-state index contributed by atoms with van der Waals surface area (Å²) in [5, 5.41) is 10.8. The van der Waals surface area contributed by atoms with E-state index in [4.69, 9.17) is 9.26 Å². The first-order chi connectivity index (χ1) is 13.1. The van der Waals surface area contributed by atoms with Crippen LogP contribution in [0, 0.1) is 5.92 Å². The molecule has 0 saturated carbocycles. The fourth-order valence-electron chi connectivity index (χ4n) is 2.68. The second-order valence-corrected chi connectivity index (χ2v) is 6.87. The minimum Gasteiger partial charge on any atom is -0.493 e. The van der Waals surface area contributed by atoms with Crippen LogP contribution in [0.5, 0.6) is 5.75 Å². The average Bonchev–Trinajstić information content (AvgIpc) is 3.09. The van der Waals surface area contributed by atoms with Gasteiger partial charge in [-0.15, -0.1) is 24.0 Å². The highest BCUT2D eigenvalue weighted by atomic mass is 127. The van der Waals surface area contributed by atoms with Crippen LogP contribution in [0.3, 0.4) is 0 Å². The van der Waals surface area contributed by atoms with Gasteiger partial charge < -0.3 is 19.9 Å². The number of nitrogens with zero attached hydrogens (tertiary/aromatic N) is 2. The molecule has 0 saturated heterocycles. The van der Waals surface area contributed by atoms with Gasteiger partial charge in [0.15, 0.2) is 5.96 Å². The molecule has 0 fully saturated rings. The zero-order chi connectivity index (χ0) is 19.6. The molecular formula is C21H33IN4O2. The third-order valence-electron chi connectivity index (χ3n) is 4.23. The van der Waals surface area contributed by atoms with Crippen LogP contribution in [-0.4, -0.2) is 24.8 Å². The Morgan fingerprint density at radius 3 is 2.36 bits per heavy atom. The third kappa shape index (κ3) is 7.33. The quantitative estimate of drug-likeness (QED) is 0.305. The molecule has 0 unspecified atom stereocenters. The van der Waals surface area contributed by atoms with Gasteiger partial charge in [0.1, 0.15) is 11.5 Å². The molecule has 0 aliphatic carbocycles. The maximum atomic E-state index is 5.72. The minimum atomic E-state index is 0. The molecule has 6 nitrogen and oxygen atoms in total. The topological polar surface area (TPSA) is 71.7 Å². The second kappa shape index (κ2) is 12.6. The van der Waals surface area contributed by atoms with Crippen molar-refractivity contribution in [2.45, 2.75) is 53.6 Å². The van der Waals surface area contributed by atoms with Gasteiger partial charge in [0.2, 0.25) is 0 Å². The van der Waals surface area contributed by atoms with E-state index >= 15 is 0 Å². The number of aryl methyl sites for hydroxylation is 2. The first-order valence-corrected chi connectivity index (χ1v) is 9.69. The van der Waals surface area contributed by atoms with Crippen molar-refractivity contribution in [2.75, 3.05) is 13.7 Å². The molecule has 0 bridgehead atoms. The Morgan fingerprint density at radius 2 is 1.79 bits per heavy atom. The number of hydrogen-bond acceptors (Lipinski definition) is 4. The summed E-state index contributed by atoms with van der Waals surface area (Å²) in [7, 11) is 1.77. The number of guanidine groups is 1. The summed E-state index contributed by atoms with van der Waals surface area (Å²) in [6.45, 7) is 10.5. The summed E-state index contributed by atoms with van der Waals surface area (Å²) in [6.07, 6.45) is 1.69. The van der Waals surface area contributed by atoms with Crippen LogP contribution in [0.25, 0.3) is 0 Å². The highest BCUT2D eigenvalue weighted by Gasteiger charge is 2.13. The fourth-order valence-corrected chi connectivity index (χ4v) is 2.68. The first kappa shape index (κ1) is 24.3. The Balaban J connectivity index is 0.00000392. The molecular weight excluding hydrogens is 467 g/mol. The van der Waals surface area contributed by atoms with Crippen molar-refractivity contribution in [2.24, 2.45) is 10.9 Å². The summed E-state index contributed by atoms with van der Waals surface area (Å²) in [4.78, 5) is 4.30. The van der Waals surface area contributed by atoms with Crippen LogP contribution in [-0.2, 0) is 25.9 Å². The predicted molar refractivity (Wildman–Crippen MR) is 124 cm³/mol. The molecule has 2 N–H and O–H groups in total. The van der Waals surface area contributed by atoms with Crippen LogP contribution < -0.4 is 15.4 Å². The number of nitrogens with one attached hydrogen (secondary N) is 2. The van der Waals surface area contributed by atoms with Crippen molar-refractivity contribution in [3.8, 4) is 5.75 Å². The maximum absolute atomic E-state index is 5.72. The molecule has 0 aliphatic rings. The first-order valence-electron chi connectivity index (χ1n) is 9.69. The lowest BCUT2D eigenvalue weighted by molar-refractivity contribution is 0.271. The Hall–Kier alpha value is -1.77. The second-order valence-electron chi connectivity index (χ2n) is 6.87. The third-order valence-corrected chi connectivity index (χ3v) is 4.23. The van der Waals surface area contributed by atoms with Crippen LogP contribution in [0.1, 0.15) is 50.3 Å². The zero-order valence-corrected chi connectivity index (χ0v) is 19.9. The Kier molecular flexibility index (Phi) is 11.0. The normalized spacial score (nSPS) is 11.3. The number of rotatable bonds is 9. The number of halogens is 1. The lowest BCUT2D eigenvalue weighted by Crippen LogP contribution is -2.36. The van der Waals surface area contributed by atoms with Crippen LogP contribution in [0.2, 0.25) is 0 Å². The molecule has 1 aromatic carbocycles. The average molecular weight is 500 g/mol. The molecule has 28 heavy (non-hydrogen) atoms. The molecule has 156 valence electrons. The minimum absolute atomic E-state index is 0. The van der Waals surface area contributed by atoms with E-state index in [1.54, 1.807) is 7.05 Å². The zero-order valence-electron chi connectivity index (χ0n) is 17.5. The maximum Gasteiger partial charge on any atom is 0.191 e. The molecule has 7 heteroatoms. The van der Waals surface area contributed by atoms with E-state index in [9.17, 15) is 0 Å². The lowest BCUT2D eigenvalue weighted by Gasteiger charge is -2.13. The highest BCUT2D eigenvalue weighted by molar-refractivity contribution is 14.0. The van der Waals surface area contributed by atoms with E-state index in [1.165, 1.54) is 5.56 Å². The molecule has 1 aromatic heterocycles. The number of benzene rings is 1. The van der Waals surface area contributed by atoms with Gasteiger partial charge >= 0.3 is 0 Å². The number of ether oxygens (including phenoxy) is 1. The van der Waals surface area contributed by atoms with E-state index < -0.39 is 0 Å². The van der Waals surface area contributed by atoms with Gasteiger partial charge in [0.25, 0.3) is 0 Å². The van der Waals surface area contributed by atoms with E-state index in [0.29, 0.717) is 19.0 Å².